The monoisotopic (exact) mass is 797 g/mol. The van der Waals surface area contributed by atoms with Crippen LogP contribution in [0.4, 0.5) is 0 Å². The van der Waals surface area contributed by atoms with Crippen LogP contribution in [0.15, 0.2) is 85.2 Å². The van der Waals surface area contributed by atoms with Gasteiger partial charge in [0.1, 0.15) is 0 Å². The number of aromatic nitrogens is 2. The van der Waals surface area contributed by atoms with E-state index in [9.17, 15) is 0 Å². The van der Waals surface area contributed by atoms with Crippen molar-refractivity contribution in [3.05, 3.63) is 107 Å². The van der Waals surface area contributed by atoms with Crippen LogP contribution in [0, 0.1) is 23.7 Å². The minimum atomic E-state index is 0.0869. The van der Waals surface area contributed by atoms with E-state index in [0.29, 0.717) is 11.8 Å². The highest BCUT2D eigenvalue weighted by Gasteiger charge is 2.35. The number of pyridine rings is 2. The molecule has 4 aromatic rings. The van der Waals surface area contributed by atoms with E-state index in [1.165, 1.54) is 175 Å². The fraction of sp³-hybridized carbons (Fsp3) is 0.607. The zero-order chi connectivity index (χ0) is 41.1. The molecule has 2 fully saturated rings. The fourth-order valence-corrected chi connectivity index (χ4v) is 10.5. The predicted octanol–water partition coefficient (Wildman–Crippen LogP) is 16.8. The first-order valence-electron chi connectivity index (χ1n) is 24.8. The lowest BCUT2D eigenvalue weighted by atomic mass is 9.75. The van der Waals surface area contributed by atoms with E-state index in [-0.39, 0.29) is 12.2 Å². The molecule has 0 amide bonds. The van der Waals surface area contributed by atoms with Gasteiger partial charge in [0.05, 0.1) is 23.6 Å². The van der Waals surface area contributed by atoms with Gasteiger partial charge in [-0.25, -0.2) is 0 Å². The number of rotatable bonds is 24. The molecule has 2 atom stereocenters. The summed E-state index contributed by atoms with van der Waals surface area (Å²) in [5.41, 5.74) is 9.92. The molecule has 0 spiro atoms. The van der Waals surface area contributed by atoms with Crippen molar-refractivity contribution in [2.45, 2.75) is 194 Å². The van der Waals surface area contributed by atoms with Crippen molar-refractivity contribution >= 4 is 0 Å². The van der Waals surface area contributed by atoms with Crippen LogP contribution in [0.3, 0.4) is 0 Å². The van der Waals surface area contributed by atoms with Crippen LogP contribution in [-0.4, -0.2) is 9.97 Å². The minimum Gasteiger partial charge on any atom is -0.365 e. The molecule has 2 unspecified atom stereocenters. The molecule has 2 saturated carbocycles. The van der Waals surface area contributed by atoms with Crippen LogP contribution < -0.4 is 0 Å². The fourth-order valence-electron chi connectivity index (χ4n) is 10.5. The Morgan fingerprint density at radius 3 is 1.17 bits per heavy atom. The smallest absolute Gasteiger partial charge is 0.0861 e. The first kappa shape index (κ1) is 45.2. The Hall–Kier alpha value is -3.30. The van der Waals surface area contributed by atoms with E-state index in [2.05, 4.69) is 113 Å². The van der Waals surface area contributed by atoms with Gasteiger partial charge in [0.2, 0.25) is 0 Å². The average Bonchev–Trinajstić information content (AvgIpc) is 3.28. The van der Waals surface area contributed by atoms with Gasteiger partial charge in [-0.05, 0) is 109 Å². The van der Waals surface area contributed by atoms with E-state index in [4.69, 9.17) is 14.7 Å². The van der Waals surface area contributed by atoms with Crippen molar-refractivity contribution in [1.29, 1.82) is 0 Å². The highest BCUT2D eigenvalue weighted by atomic mass is 16.5. The lowest BCUT2D eigenvalue weighted by Crippen LogP contribution is -2.28. The second kappa shape index (κ2) is 24.8. The molecule has 0 N–H and O–H groups in total. The molecule has 3 heteroatoms. The van der Waals surface area contributed by atoms with Crippen LogP contribution in [0.2, 0.25) is 0 Å². The molecule has 2 aromatic carbocycles. The van der Waals surface area contributed by atoms with E-state index < -0.39 is 0 Å². The van der Waals surface area contributed by atoms with Crippen LogP contribution in [0.1, 0.15) is 203 Å². The standard InChI is InChI=1S/C56H80N2O/c1-5-9-11-13-15-19-45-25-39-53(57-41-45)47-31-35-51(36-32-47)55(49-27-21-43(17-7-3)22-28-49)59-56(50-29-23-44(18-8-4)24-30-50)52-37-33-48(34-38-52)54-40-26-46(42-58-54)20-16-14-12-10-6-2/h25-26,31-44,49-50,55-56H,5-24,27-30H2,1-4H3. The Balaban J connectivity index is 1.21. The van der Waals surface area contributed by atoms with Crippen molar-refractivity contribution in [2.75, 3.05) is 0 Å². The zero-order valence-corrected chi connectivity index (χ0v) is 37.8. The Morgan fingerprint density at radius 1 is 0.441 bits per heavy atom. The summed E-state index contributed by atoms with van der Waals surface area (Å²) >= 11 is 0. The second-order valence-electron chi connectivity index (χ2n) is 18.8. The SMILES string of the molecule is CCCCCCCc1ccc(-c2ccc(C(OC(c3ccc(-c4ccc(CCCCCCC)cn4)cc3)C3CCC(CCC)CC3)C3CCC(CCC)CC3)cc2)nc1. The summed E-state index contributed by atoms with van der Waals surface area (Å²) in [7, 11) is 0. The molecule has 0 saturated heterocycles. The summed E-state index contributed by atoms with van der Waals surface area (Å²) in [5, 5.41) is 0. The number of hydrogen-bond acceptors (Lipinski definition) is 3. The van der Waals surface area contributed by atoms with Crippen LogP contribution >= 0.6 is 0 Å². The molecule has 0 bridgehead atoms. The quantitative estimate of drug-likeness (QED) is 0.0663. The van der Waals surface area contributed by atoms with Crippen LogP contribution in [-0.2, 0) is 17.6 Å². The Morgan fingerprint density at radius 2 is 0.831 bits per heavy atom. The summed E-state index contributed by atoms with van der Waals surface area (Å²) in [6.45, 7) is 9.27. The molecule has 320 valence electrons. The van der Waals surface area contributed by atoms with E-state index in [1.807, 2.05) is 0 Å². The Bertz CT molecular complexity index is 1570. The number of nitrogens with zero attached hydrogens (tertiary/aromatic N) is 2. The predicted molar refractivity (Wildman–Crippen MR) is 252 cm³/mol. The molecule has 59 heavy (non-hydrogen) atoms. The normalized spacial score (nSPS) is 20.7. The Labute approximate surface area is 361 Å². The van der Waals surface area contributed by atoms with Crippen molar-refractivity contribution < 1.29 is 4.74 Å². The number of unbranched alkanes of at least 4 members (excludes halogenated alkanes) is 8. The third-order valence-electron chi connectivity index (χ3n) is 14.2. The molecule has 0 radical (unpaired) electrons. The second-order valence-corrected chi connectivity index (χ2v) is 18.8. The van der Waals surface area contributed by atoms with Gasteiger partial charge in [-0.3, -0.25) is 9.97 Å². The highest BCUT2D eigenvalue weighted by Crippen LogP contribution is 2.47. The van der Waals surface area contributed by atoms with Gasteiger partial charge in [0, 0.05) is 23.5 Å². The largest absolute Gasteiger partial charge is 0.365 e. The summed E-state index contributed by atoms with van der Waals surface area (Å²) in [6, 6.07) is 27.8. The maximum absolute atomic E-state index is 7.71. The van der Waals surface area contributed by atoms with E-state index in [0.717, 1.165) is 36.1 Å². The molecular weight excluding hydrogens is 717 g/mol. The molecule has 0 aliphatic heterocycles. The summed E-state index contributed by atoms with van der Waals surface area (Å²) in [6.07, 6.45) is 35.4. The number of ether oxygens (including phenoxy) is 1. The summed E-state index contributed by atoms with van der Waals surface area (Å²) in [5.74, 6) is 2.82. The van der Waals surface area contributed by atoms with Crippen molar-refractivity contribution in [3.63, 3.8) is 0 Å². The van der Waals surface area contributed by atoms with Gasteiger partial charge in [-0.15, -0.1) is 0 Å². The van der Waals surface area contributed by atoms with Gasteiger partial charge in [0.25, 0.3) is 0 Å². The third-order valence-corrected chi connectivity index (χ3v) is 14.2. The number of benzene rings is 2. The lowest BCUT2D eigenvalue weighted by Gasteiger charge is -2.40. The van der Waals surface area contributed by atoms with Gasteiger partial charge < -0.3 is 4.74 Å². The molecule has 2 aromatic heterocycles. The molecule has 2 heterocycles. The lowest BCUT2D eigenvalue weighted by molar-refractivity contribution is -0.0907. The summed E-state index contributed by atoms with van der Waals surface area (Å²) < 4.78 is 7.71. The van der Waals surface area contributed by atoms with Gasteiger partial charge >= 0.3 is 0 Å². The van der Waals surface area contributed by atoms with Crippen molar-refractivity contribution in [3.8, 4) is 22.5 Å². The topological polar surface area (TPSA) is 35.0 Å². The summed E-state index contributed by atoms with van der Waals surface area (Å²) in [4.78, 5) is 9.88. The average molecular weight is 797 g/mol. The number of hydrogen-bond donors (Lipinski definition) is 0. The molecule has 2 aliphatic carbocycles. The minimum absolute atomic E-state index is 0.0869. The molecular formula is C56H80N2O. The van der Waals surface area contributed by atoms with Gasteiger partial charge in [-0.1, -0.05) is 191 Å². The molecule has 3 nitrogen and oxygen atoms in total. The van der Waals surface area contributed by atoms with Crippen LogP contribution in [0.5, 0.6) is 0 Å². The van der Waals surface area contributed by atoms with E-state index >= 15 is 0 Å². The van der Waals surface area contributed by atoms with Crippen molar-refractivity contribution in [2.24, 2.45) is 23.7 Å². The number of aryl methyl sites for hydroxylation is 2. The zero-order valence-electron chi connectivity index (χ0n) is 37.8. The first-order chi connectivity index (χ1) is 29.1. The molecule has 6 rings (SSSR count). The third kappa shape index (κ3) is 13.9. The van der Waals surface area contributed by atoms with Crippen LogP contribution in [0.25, 0.3) is 22.5 Å². The van der Waals surface area contributed by atoms with Gasteiger partial charge in [-0.2, -0.15) is 0 Å². The maximum atomic E-state index is 7.71. The molecule has 2 aliphatic rings. The van der Waals surface area contributed by atoms with Gasteiger partial charge in [0.15, 0.2) is 0 Å². The first-order valence-corrected chi connectivity index (χ1v) is 24.8. The maximum Gasteiger partial charge on any atom is 0.0861 e. The van der Waals surface area contributed by atoms with E-state index in [1.54, 1.807) is 0 Å². The highest BCUT2D eigenvalue weighted by molar-refractivity contribution is 5.60. The Kier molecular flexibility index (Phi) is 19.0. The van der Waals surface area contributed by atoms with Crippen molar-refractivity contribution in [1.82, 2.24) is 9.97 Å².